The molecule has 0 spiro atoms. The van der Waals surface area contributed by atoms with Crippen molar-refractivity contribution < 1.29 is 21.6 Å². The second kappa shape index (κ2) is 11.1. The molecule has 5 aromatic heterocycles. The predicted octanol–water partition coefficient (Wildman–Crippen LogP) is 5.80. The van der Waals surface area contributed by atoms with E-state index >= 15 is 0 Å². The first kappa shape index (κ1) is 29.1. The fourth-order valence-electron chi connectivity index (χ4n) is 5.81. The second-order valence-electron chi connectivity index (χ2n) is 11.6. The Balaban J connectivity index is 1.22. The van der Waals surface area contributed by atoms with Crippen LogP contribution in [0.2, 0.25) is 0 Å². The largest absolute Gasteiger partial charge is 0.353 e. The molecule has 0 atom stereocenters. The standard InChI is InChI=1S/C32H28F3N7O2S/c1-45(43,44)9-5-19-10-21(13-23(33)12-19)29-24-14-28(38-26(24)4-7-37-29)31-30-27(40-41-31)3-2-25(39-30)22-11-20(15-36-16-22)17-42-8-6-32(34,35)18-42/h2-4,7,10-16,38H,5-6,8-9,17-18H2,1H3,(H,40,41). The van der Waals surface area contributed by atoms with Crippen LogP contribution in [0, 0.1) is 5.82 Å². The highest BCUT2D eigenvalue weighted by Crippen LogP contribution is 2.34. The van der Waals surface area contributed by atoms with E-state index in [1.54, 1.807) is 29.6 Å². The molecule has 1 saturated heterocycles. The van der Waals surface area contributed by atoms with Crippen LogP contribution in [0.5, 0.6) is 0 Å². The molecular formula is C32H28F3N7O2S. The molecule has 7 rings (SSSR count). The lowest BCUT2D eigenvalue weighted by atomic mass is 10.0. The normalized spacial score (nSPS) is 15.4. The van der Waals surface area contributed by atoms with Crippen LogP contribution in [0.3, 0.4) is 0 Å². The van der Waals surface area contributed by atoms with Crippen molar-refractivity contribution in [2.24, 2.45) is 0 Å². The number of nitrogens with zero attached hydrogens (tertiary/aromatic N) is 5. The number of H-pyrrole nitrogens is 2. The minimum Gasteiger partial charge on any atom is -0.353 e. The Morgan fingerprint density at radius 3 is 2.62 bits per heavy atom. The molecule has 1 aromatic carbocycles. The third-order valence-electron chi connectivity index (χ3n) is 7.95. The van der Waals surface area contributed by atoms with Crippen molar-refractivity contribution in [3.05, 3.63) is 84.1 Å². The monoisotopic (exact) mass is 631 g/mol. The molecule has 230 valence electrons. The summed E-state index contributed by atoms with van der Waals surface area (Å²) >= 11 is 0. The van der Waals surface area contributed by atoms with Gasteiger partial charge in [0, 0.05) is 66.4 Å². The van der Waals surface area contributed by atoms with Gasteiger partial charge >= 0.3 is 0 Å². The molecule has 2 N–H and O–H groups in total. The number of hydrogen-bond donors (Lipinski definition) is 2. The molecule has 0 bridgehead atoms. The Hall–Kier alpha value is -4.62. The van der Waals surface area contributed by atoms with Gasteiger partial charge in [0.25, 0.3) is 5.92 Å². The number of benzene rings is 1. The Labute approximate surface area is 256 Å². The first-order chi connectivity index (χ1) is 21.5. The van der Waals surface area contributed by atoms with Crippen LogP contribution in [0.4, 0.5) is 13.2 Å². The second-order valence-corrected chi connectivity index (χ2v) is 13.9. The van der Waals surface area contributed by atoms with Gasteiger partial charge in [-0.1, -0.05) is 0 Å². The van der Waals surface area contributed by atoms with Gasteiger partial charge in [0.15, 0.2) is 0 Å². The Morgan fingerprint density at radius 2 is 1.82 bits per heavy atom. The summed E-state index contributed by atoms with van der Waals surface area (Å²) in [5.74, 6) is -3.21. The van der Waals surface area contributed by atoms with Gasteiger partial charge in [0.2, 0.25) is 0 Å². The van der Waals surface area contributed by atoms with Gasteiger partial charge in [-0.3, -0.25) is 20.0 Å². The third kappa shape index (κ3) is 6.18. The van der Waals surface area contributed by atoms with Crippen molar-refractivity contribution in [3.63, 3.8) is 0 Å². The molecule has 0 unspecified atom stereocenters. The number of rotatable bonds is 8. The summed E-state index contributed by atoms with van der Waals surface area (Å²) in [5, 5.41) is 8.29. The molecular weight excluding hydrogens is 603 g/mol. The smallest absolute Gasteiger partial charge is 0.261 e. The Kier molecular flexibility index (Phi) is 7.16. The number of sulfone groups is 1. The van der Waals surface area contributed by atoms with Crippen molar-refractivity contribution >= 4 is 31.8 Å². The van der Waals surface area contributed by atoms with E-state index in [0.29, 0.717) is 52.5 Å². The first-order valence-electron chi connectivity index (χ1n) is 14.3. The Morgan fingerprint density at radius 1 is 0.978 bits per heavy atom. The van der Waals surface area contributed by atoms with E-state index in [1.165, 1.54) is 12.1 Å². The van der Waals surface area contributed by atoms with E-state index in [9.17, 15) is 21.6 Å². The SMILES string of the molecule is CS(=O)(=O)CCc1cc(F)cc(-c2nccc3[nH]c(-c4n[nH]c5ccc(-c6cncc(CN7CCC(F)(F)C7)c6)nc45)cc23)c1. The topological polar surface area (TPSA) is 121 Å². The molecule has 0 aliphatic carbocycles. The number of alkyl halides is 2. The zero-order valence-electron chi connectivity index (χ0n) is 24.2. The molecule has 6 heterocycles. The lowest BCUT2D eigenvalue weighted by Crippen LogP contribution is -2.24. The average Bonchev–Trinajstić information content (AvgIpc) is 3.71. The molecule has 9 nitrogen and oxygen atoms in total. The highest BCUT2D eigenvalue weighted by atomic mass is 32.2. The van der Waals surface area contributed by atoms with Crippen molar-refractivity contribution in [3.8, 4) is 33.9 Å². The molecule has 6 aromatic rings. The van der Waals surface area contributed by atoms with Crippen LogP contribution in [0.15, 0.2) is 67.1 Å². The maximum Gasteiger partial charge on any atom is 0.261 e. The Bertz CT molecular complexity index is 2180. The number of halogens is 3. The fraction of sp³-hybridized carbons (Fsp3) is 0.250. The quantitative estimate of drug-likeness (QED) is 0.218. The number of aromatic nitrogens is 6. The van der Waals surface area contributed by atoms with E-state index in [0.717, 1.165) is 33.8 Å². The van der Waals surface area contributed by atoms with E-state index in [1.807, 2.05) is 30.3 Å². The number of nitrogens with one attached hydrogen (secondary N) is 2. The number of likely N-dealkylation sites (tertiary alicyclic amines) is 1. The minimum absolute atomic E-state index is 0.0826. The summed E-state index contributed by atoms with van der Waals surface area (Å²) in [5.41, 5.74) is 7.23. The summed E-state index contributed by atoms with van der Waals surface area (Å²) in [6.45, 7) is 0.460. The summed E-state index contributed by atoms with van der Waals surface area (Å²) < 4.78 is 65.4. The van der Waals surface area contributed by atoms with Crippen LogP contribution in [0.25, 0.3) is 55.8 Å². The van der Waals surface area contributed by atoms with Crippen molar-refractivity contribution in [1.82, 2.24) is 35.0 Å². The number of hydrogen-bond acceptors (Lipinski definition) is 7. The van der Waals surface area contributed by atoms with Crippen molar-refractivity contribution in [1.29, 1.82) is 0 Å². The zero-order chi connectivity index (χ0) is 31.3. The van der Waals surface area contributed by atoms with Gasteiger partial charge in [-0.2, -0.15) is 5.10 Å². The molecule has 0 saturated carbocycles. The first-order valence-corrected chi connectivity index (χ1v) is 16.4. The highest BCUT2D eigenvalue weighted by molar-refractivity contribution is 7.90. The maximum atomic E-state index is 14.6. The summed E-state index contributed by atoms with van der Waals surface area (Å²) in [7, 11) is -3.21. The number of aryl methyl sites for hydroxylation is 1. The lowest BCUT2D eigenvalue weighted by Gasteiger charge is -2.15. The molecule has 13 heteroatoms. The zero-order valence-corrected chi connectivity index (χ0v) is 25.0. The van der Waals surface area contributed by atoms with Crippen LogP contribution < -0.4 is 0 Å². The van der Waals surface area contributed by atoms with E-state index in [2.05, 4.69) is 25.1 Å². The van der Waals surface area contributed by atoms with Crippen molar-refractivity contribution in [2.45, 2.75) is 25.3 Å². The molecule has 45 heavy (non-hydrogen) atoms. The van der Waals surface area contributed by atoms with E-state index < -0.39 is 21.6 Å². The lowest BCUT2D eigenvalue weighted by molar-refractivity contribution is 0.0115. The van der Waals surface area contributed by atoms with Crippen LogP contribution >= 0.6 is 0 Å². The van der Waals surface area contributed by atoms with Crippen molar-refractivity contribution in [2.75, 3.05) is 25.1 Å². The molecule has 1 aliphatic heterocycles. The van der Waals surface area contributed by atoms with Gasteiger partial charge in [0.05, 0.1) is 34.9 Å². The summed E-state index contributed by atoms with van der Waals surface area (Å²) in [6, 6.07) is 13.8. The maximum absolute atomic E-state index is 14.6. The minimum atomic E-state index is -3.21. The molecule has 0 radical (unpaired) electrons. The van der Waals surface area contributed by atoms with Gasteiger partial charge in [0.1, 0.15) is 26.9 Å². The summed E-state index contributed by atoms with van der Waals surface area (Å²) in [6.07, 6.45) is 6.22. The fourth-order valence-corrected chi connectivity index (χ4v) is 6.41. The van der Waals surface area contributed by atoms with E-state index in [4.69, 9.17) is 4.98 Å². The van der Waals surface area contributed by atoms with Gasteiger partial charge in [-0.15, -0.1) is 0 Å². The number of aromatic amines is 2. The molecule has 1 aliphatic rings. The summed E-state index contributed by atoms with van der Waals surface area (Å²) in [4.78, 5) is 18.9. The van der Waals surface area contributed by atoms with Crippen LogP contribution in [-0.2, 0) is 22.8 Å². The predicted molar refractivity (Wildman–Crippen MR) is 166 cm³/mol. The average molecular weight is 632 g/mol. The van der Waals surface area contributed by atoms with Gasteiger partial charge < -0.3 is 4.98 Å². The molecule has 1 fully saturated rings. The number of fused-ring (bicyclic) bond motifs is 2. The third-order valence-corrected chi connectivity index (χ3v) is 8.89. The van der Waals surface area contributed by atoms with Gasteiger partial charge in [-0.25, -0.2) is 26.6 Å². The van der Waals surface area contributed by atoms with Crippen LogP contribution in [-0.4, -0.2) is 74.5 Å². The molecule has 0 amide bonds. The number of pyridine rings is 3. The van der Waals surface area contributed by atoms with Gasteiger partial charge in [-0.05, 0) is 66.1 Å². The van der Waals surface area contributed by atoms with Crippen LogP contribution in [0.1, 0.15) is 17.5 Å². The van der Waals surface area contributed by atoms with E-state index in [-0.39, 0.29) is 25.1 Å². The highest BCUT2D eigenvalue weighted by Gasteiger charge is 2.38.